The number of carbonyl (C=O) groups is 3. The summed E-state index contributed by atoms with van der Waals surface area (Å²) in [5, 5.41) is 17.3. The van der Waals surface area contributed by atoms with Crippen LogP contribution in [-0.4, -0.2) is 96.4 Å². The Bertz CT molecular complexity index is 922. The van der Waals surface area contributed by atoms with E-state index in [1.807, 2.05) is 13.0 Å². The number of nitrogens with zero attached hydrogens (tertiary/aromatic N) is 2. The number of aromatic nitrogens is 1. The van der Waals surface area contributed by atoms with Gasteiger partial charge in [-0.25, -0.2) is 9.59 Å². The van der Waals surface area contributed by atoms with Gasteiger partial charge >= 0.3 is 24.3 Å². The average Bonchev–Trinajstić information content (AvgIpc) is 2.83. The molecule has 3 N–H and O–H groups in total. The molecule has 16 heteroatoms. The van der Waals surface area contributed by atoms with Crippen LogP contribution in [0.1, 0.15) is 24.2 Å². The number of aryl methyl sites for hydroxylation is 1. The Morgan fingerprint density at radius 3 is 2.21 bits per heavy atom. The number of amides is 1. The number of ether oxygens (including phenoxy) is 2. The van der Waals surface area contributed by atoms with Gasteiger partial charge in [-0.05, 0) is 31.9 Å². The van der Waals surface area contributed by atoms with Crippen LogP contribution in [0.4, 0.5) is 26.3 Å². The second-order valence-electron chi connectivity index (χ2n) is 8.65. The first-order chi connectivity index (χ1) is 18.1. The molecule has 2 saturated heterocycles. The van der Waals surface area contributed by atoms with Crippen molar-refractivity contribution in [3.8, 4) is 0 Å². The highest BCUT2D eigenvalue weighted by Gasteiger charge is 2.42. The fourth-order valence-corrected chi connectivity index (χ4v) is 3.98. The summed E-state index contributed by atoms with van der Waals surface area (Å²) in [5.41, 5.74) is 2.14. The van der Waals surface area contributed by atoms with Crippen molar-refractivity contribution < 1.29 is 60.4 Å². The van der Waals surface area contributed by atoms with Crippen molar-refractivity contribution in [3.05, 3.63) is 29.6 Å². The van der Waals surface area contributed by atoms with Gasteiger partial charge in [0.1, 0.15) is 0 Å². The predicted octanol–water partition coefficient (Wildman–Crippen LogP) is 2.65. The Hall–Kier alpha value is -2.98. The third kappa shape index (κ3) is 12.6. The number of carboxylic acid groups (broad SMARTS) is 2. The first kappa shape index (κ1) is 34.0. The maximum atomic E-state index is 12.6. The van der Waals surface area contributed by atoms with E-state index in [-0.39, 0.29) is 23.8 Å². The fourth-order valence-electron chi connectivity index (χ4n) is 3.98. The highest BCUT2D eigenvalue weighted by Crippen LogP contribution is 2.33. The lowest BCUT2D eigenvalue weighted by atomic mass is 9.79. The molecule has 0 bridgehead atoms. The number of methoxy groups -OCH3 is 1. The summed E-state index contributed by atoms with van der Waals surface area (Å²) in [5.74, 6) is -5.08. The summed E-state index contributed by atoms with van der Waals surface area (Å²) in [4.78, 5) is 37.4. The number of carbonyl (C=O) groups excluding carboxylic acids is 1. The first-order valence-corrected chi connectivity index (χ1v) is 11.7. The van der Waals surface area contributed by atoms with Gasteiger partial charge in [-0.2, -0.15) is 26.3 Å². The first-order valence-electron chi connectivity index (χ1n) is 11.7. The number of pyridine rings is 1. The molecule has 0 aliphatic carbocycles. The molecule has 0 radical (unpaired) electrons. The zero-order chi connectivity index (χ0) is 29.8. The number of hydrogen-bond donors (Lipinski definition) is 3. The molecule has 0 unspecified atom stereocenters. The highest BCUT2D eigenvalue weighted by atomic mass is 19.4. The minimum absolute atomic E-state index is 0.0314. The Balaban J connectivity index is 0.000000449. The summed E-state index contributed by atoms with van der Waals surface area (Å²) in [7, 11) is 1.65. The lowest BCUT2D eigenvalue weighted by molar-refractivity contribution is -0.193. The van der Waals surface area contributed by atoms with Crippen LogP contribution in [0, 0.1) is 18.8 Å². The fraction of sp³-hybridized carbons (Fsp3) is 0.652. The zero-order valence-electron chi connectivity index (χ0n) is 21.2. The summed E-state index contributed by atoms with van der Waals surface area (Å²) in [6.07, 6.45) is -8.18. The van der Waals surface area contributed by atoms with Gasteiger partial charge in [-0.1, -0.05) is 6.07 Å². The Labute approximate surface area is 220 Å². The summed E-state index contributed by atoms with van der Waals surface area (Å²) < 4.78 is 74.5. The van der Waals surface area contributed by atoms with Gasteiger partial charge in [-0.15, -0.1) is 0 Å². The number of hydrogen-bond acceptors (Lipinski definition) is 7. The number of alkyl halides is 6. The minimum Gasteiger partial charge on any atom is -0.475 e. The van der Waals surface area contributed by atoms with Crippen molar-refractivity contribution in [2.75, 3.05) is 40.0 Å². The second-order valence-corrected chi connectivity index (χ2v) is 8.65. The molecule has 2 aliphatic heterocycles. The van der Waals surface area contributed by atoms with Crippen molar-refractivity contribution >= 4 is 17.8 Å². The third-order valence-electron chi connectivity index (χ3n) is 5.71. The molecule has 1 aromatic rings. The molecule has 3 rings (SSSR count). The molecule has 222 valence electrons. The van der Waals surface area contributed by atoms with Crippen LogP contribution in [-0.2, 0) is 30.4 Å². The highest BCUT2D eigenvalue weighted by molar-refractivity contribution is 5.79. The Morgan fingerprint density at radius 1 is 1.10 bits per heavy atom. The van der Waals surface area contributed by atoms with E-state index in [2.05, 4.69) is 27.3 Å². The second kappa shape index (κ2) is 15.6. The maximum Gasteiger partial charge on any atom is 0.490 e. The molecule has 2 aliphatic rings. The van der Waals surface area contributed by atoms with Crippen molar-refractivity contribution in [2.45, 2.75) is 44.8 Å². The molecule has 3 atom stereocenters. The number of likely N-dealkylation sites (tertiary alicyclic amines) is 1. The van der Waals surface area contributed by atoms with Crippen molar-refractivity contribution in [1.82, 2.24) is 15.2 Å². The van der Waals surface area contributed by atoms with Crippen LogP contribution in [0.3, 0.4) is 0 Å². The van der Waals surface area contributed by atoms with Crippen LogP contribution in [0.2, 0.25) is 0 Å². The van der Waals surface area contributed by atoms with Crippen LogP contribution < -0.4 is 5.32 Å². The van der Waals surface area contributed by atoms with Crippen molar-refractivity contribution in [2.24, 2.45) is 11.8 Å². The molecule has 10 nitrogen and oxygen atoms in total. The molecular formula is C23H31F6N3O7. The van der Waals surface area contributed by atoms with E-state index < -0.39 is 24.3 Å². The van der Waals surface area contributed by atoms with Gasteiger partial charge < -0.3 is 25.0 Å². The van der Waals surface area contributed by atoms with E-state index in [0.29, 0.717) is 19.8 Å². The monoisotopic (exact) mass is 575 g/mol. The van der Waals surface area contributed by atoms with Gasteiger partial charge in [0, 0.05) is 57.4 Å². The van der Waals surface area contributed by atoms with Gasteiger partial charge in [0.25, 0.3) is 0 Å². The summed E-state index contributed by atoms with van der Waals surface area (Å²) in [6.45, 7) is 6.55. The number of nitrogens with one attached hydrogen (secondary N) is 1. The van der Waals surface area contributed by atoms with Crippen molar-refractivity contribution in [1.29, 1.82) is 0 Å². The van der Waals surface area contributed by atoms with E-state index in [4.69, 9.17) is 29.3 Å². The molecular weight excluding hydrogens is 544 g/mol. The molecule has 1 aromatic heterocycles. The van der Waals surface area contributed by atoms with E-state index in [9.17, 15) is 31.1 Å². The third-order valence-corrected chi connectivity index (χ3v) is 5.71. The predicted molar refractivity (Wildman–Crippen MR) is 122 cm³/mol. The van der Waals surface area contributed by atoms with Gasteiger partial charge in [0.15, 0.2) is 0 Å². The van der Waals surface area contributed by atoms with Crippen LogP contribution in [0.25, 0.3) is 0 Å². The molecule has 0 saturated carbocycles. The van der Waals surface area contributed by atoms with E-state index in [1.165, 1.54) is 0 Å². The van der Waals surface area contributed by atoms with Crippen LogP contribution in [0.5, 0.6) is 0 Å². The van der Waals surface area contributed by atoms with Crippen LogP contribution in [0.15, 0.2) is 18.2 Å². The van der Waals surface area contributed by atoms with E-state index in [0.717, 1.165) is 43.9 Å². The molecule has 39 heavy (non-hydrogen) atoms. The number of carboxylic acids is 2. The van der Waals surface area contributed by atoms with E-state index in [1.54, 1.807) is 7.11 Å². The Morgan fingerprint density at radius 2 is 1.69 bits per heavy atom. The lowest BCUT2D eigenvalue weighted by Crippen LogP contribution is -2.53. The molecule has 3 heterocycles. The topological polar surface area (TPSA) is 138 Å². The number of aliphatic carboxylic acids is 2. The standard InChI is InChI=1S/C19H29N3O3.2C2HF3O2/c1-14-4-3-5-15(21-14)12-22-9-6-18-17(13-22)16(7-10-25-18)19(23)20-8-11-24-2;2*3-2(4,5)1(6)7/h3-5,16-18H,6-13H2,1-2H3,(H,20,23);2*(H,6,7)/t16-,17+,18-;;/m1../s1. The largest absolute Gasteiger partial charge is 0.490 e. The van der Waals surface area contributed by atoms with Gasteiger partial charge in [-0.3, -0.25) is 14.7 Å². The number of piperidine rings is 1. The number of rotatable bonds is 6. The average molecular weight is 576 g/mol. The lowest BCUT2D eigenvalue weighted by Gasteiger charge is -2.44. The molecule has 0 aromatic carbocycles. The number of halogens is 6. The van der Waals surface area contributed by atoms with Gasteiger partial charge in [0.05, 0.1) is 18.4 Å². The van der Waals surface area contributed by atoms with Gasteiger partial charge in [0.2, 0.25) is 5.91 Å². The Kier molecular flexibility index (Phi) is 13.6. The minimum atomic E-state index is -5.08. The molecule has 1 amide bonds. The molecule has 0 spiro atoms. The zero-order valence-corrected chi connectivity index (χ0v) is 21.2. The normalized spacial score (nSPS) is 21.3. The SMILES string of the molecule is COCCNC(=O)[C@@H]1CCO[C@@H]2CCN(Cc3cccc(C)n3)C[C@H]21.O=C(O)C(F)(F)F.O=C(O)C(F)(F)F. The quantitative estimate of drug-likeness (QED) is 0.345. The molecule has 2 fully saturated rings. The maximum absolute atomic E-state index is 12.6. The van der Waals surface area contributed by atoms with Crippen molar-refractivity contribution in [3.63, 3.8) is 0 Å². The smallest absolute Gasteiger partial charge is 0.475 e. The van der Waals surface area contributed by atoms with E-state index >= 15 is 0 Å². The van der Waals surface area contributed by atoms with Crippen LogP contribution >= 0.6 is 0 Å². The summed E-state index contributed by atoms with van der Waals surface area (Å²) in [6, 6.07) is 6.15. The summed E-state index contributed by atoms with van der Waals surface area (Å²) >= 11 is 0. The number of fused-ring (bicyclic) bond motifs is 1.